The number of H-pyrrole nitrogens is 1. The molecule has 0 fully saturated rings. The topological polar surface area (TPSA) is 56.9 Å². The molecule has 0 radical (unpaired) electrons. The van der Waals surface area contributed by atoms with E-state index < -0.39 is 0 Å². The van der Waals surface area contributed by atoms with E-state index in [0.29, 0.717) is 6.42 Å². The van der Waals surface area contributed by atoms with E-state index >= 15 is 0 Å². The van der Waals surface area contributed by atoms with Crippen LogP contribution in [0.25, 0.3) is 10.9 Å². The quantitative estimate of drug-likeness (QED) is 0.565. The largest absolute Gasteiger partial charge is 0.378 e. The summed E-state index contributed by atoms with van der Waals surface area (Å²) in [6.45, 7) is 5.78. The number of rotatable bonds is 6. The van der Waals surface area contributed by atoms with Crippen molar-refractivity contribution in [3.8, 4) is 12.3 Å². The number of nitrogens with one attached hydrogen (secondary N) is 3. The third kappa shape index (κ3) is 3.67. The maximum absolute atomic E-state index is 13.4. The SMILES string of the molecule is C#CCNC(=O)C(=C)NC(C)Cc1c[nH]c2ccc(F)cc12. The normalized spacial score (nSPS) is 11.7. The monoisotopic (exact) mass is 299 g/mol. The highest BCUT2D eigenvalue weighted by Gasteiger charge is 2.12. The summed E-state index contributed by atoms with van der Waals surface area (Å²) in [5, 5.41) is 6.41. The summed E-state index contributed by atoms with van der Waals surface area (Å²) in [6, 6.07) is 4.59. The van der Waals surface area contributed by atoms with Crippen molar-refractivity contribution in [2.45, 2.75) is 19.4 Å². The number of hydrogen-bond acceptors (Lipinski definition) is 2. The second-order valence-corrected chi connectivity index (χ2v) is 5.12. The van der Waals surface area contributed by atoms with Gasteiger partial charge in [0.25, 0.3) is 5.91 Å². The number of halogens is 1. The number of amides is 1. The zero-order valence-electron chi connectivity index (χ0n) is 12.4. The van der Waals surface area contributed by atoms with Gasteiger partial charge in [-0.3, -0.25) is 4.79 Å². The van der Waals surface area contributed by atoms with E-state index in [1.165, 1.54) is 12.1 Å². The molecule has 1 atom stereocenters. The molecule has 0 aliphatic carbocycles. The van der Waals surface area contributed by atoms with Crippen molar-refractivity contribution in [1.29, 1.82) is 0 Å². The second kappa shape index (κ2) is 6.81. The van der Waals surface area contributed by atoms with Crippen LogP contribution in [0.3, 0.4) is 0 Å². The number of aromatic amines is 1. The first-order chi connectivity index (χ1) is 10.5. The van der Waals surface area contributed by atoms with Crippen LogP contribution in [0.15, 0.2) is 36.7 Å². The molecule has 2 rings (SSSR count). The molecular weight excluding hydrogens is 281 g/mol. The summed E-state index contributed by atoms with van der Waals surface area (Å²) in [6.07, 6.45) is 7.57. The molecule has 0 aliphatic heterocycles. The molecule has 4 nitrogen and oxygen atoms in total. The third-order valence-electron chi connectivity index (χ3n) is 3.30. The van der Waals surface area contributed by atoms with Crippen molar-refractivity contribution in [3.63, 3.8) is 0 Å². The average Bonchev–Trinajstić information content (AvgIpc) is 2.86. The Morgan fingerprint density at radius 1 is 1.55 bits per heavy atom. The fourth-order valence-corrected chi connectivity index (χ4v) is 2.30. The standard InChI is InChI=1S/C17H18FN3O/c1-4-7-19-17(22)12(3)21-11(2)8-13-10-20-16-6-5-14(18)9-15(13)16/h1,5-6,9-11,20-21H,3,7-8H2,2H3,(H,19,22). The number of benzene rings is 1. The summed E-state index contributed by atoms with van der Waals surface area (Å²) in [7, 11) is 0. The Kier molecular flexibility index (Phi) is 4.84. The number of carbonyl (C=O) groups excluding carboxylic acids is 1. The number of carbonyl (C=O) groups is 1. The van der Waals surface area contributed by atoms with Crippen LogP contribution in [0.4, 0.5) is 4.39 Å². The molecule has 0 spiro atoms. The van der Waals surface area contributed by atoms with Gasteiger partial charge in [0.1, 0.15) is 5.82 Å². The molecule has 1 unspecified atom stereocenters. The van der Waals surface area contributed by atoms with E-state index in [1.54, 1.807) is 6.07 Å². The minimum atomic E-state index is -0.324. The minimum Gasteiger partial charge on any atom is -0.378 e. The van der Waals surface area contributed by atoms with Gasteiger partial charge in [-0.15, -0.1) is 6.42 Å². The Bertz CT molecular complexity index is 742. The predicted molar refractivity (Wildman–Crippen MR) is 85.5 cm³/mol. The van der Waals surface area contributed by atoms with Gasteiger partial charge in [-0.1, -0.05) is 12.5 Å². The van der Waals surface area contributed by atoms with E-state index in [-0.39, 0.29) is 30.0 Å². The Labute approximate surface area is 128 Å². The maximum Gasteiger partial charge on any atom is 0.267 e. The summed E-state index contributed by atoms with van der Waals surface area (Å²) < 4.78 is 13.4. The fourth-order valence-electron chi connectivity index (χ4n) is 2.30. The van der Waals surface area contributed by atoms with Gasteiger partial charge in [-0.05, 0) is 37.1 Å². The zero-order chi connectivity index (χ0) is 16.1. The van der Waals surface area contributed by atoms with Gasteiger partial charge in [0.2, 0.25) is 0 Å². The van der Waals surface area contributed by atoms with Gasteiger partial charge in [-0.2, -0.15) is 0 Å². The van der Waals surface area contributed by atoms with Crippen LogP contribution in [0.5, 0.6) is 0 Å². The van der Waals surface area contributed by atoms with E-state index in [1.807, 2.05) is 13.1 Å². The third-order valence-corrected chi connectivity index (χ3v) is 3.30. The summed E-state index contributed by atoms with van der Waals surface area (Å²) in [5.41, 5.74) is 2.12. The van der Waals surface area contributed by atoms with Crippen LogP contribution >= 0.6 is 0 Å². The molecular formula is C17H18FN3O. The van der Waals surface area contributed by atoms with Crippen molar-refractivity contribution >= 4 is 16.8 Å². The zero-order valence-corrected chi connectivity index (χ0v) is 12.4. The van der Waals surface area contributed by atoms with Crippen molar-refractivity contribution in [1.82, 2.24) is 15.6 Å². The number of aromatic nitrogens is 1. The van der Waals surface area contributed by atoms with Gasteiger partial charge < -0.3 is 15.6 Å². The molecule has 0 aliphatic rings. The Morgan fingerprint density at radius 3 is 3.05 bits per heavy atom. The lowest BCUT2D eigenvalue weighted by Crippen LogP contribution is -2.36. The first-order valence-electron chi connectivity index (χ1n) is 6.94. The van der Waals surface area contributed by atoms with E-state index in [0.717, 1.165) is 16.5 Å². The lowest BCUT2D eigenvalue weighted by molar-refractivity contribution is -0.117. The first-order valence-corrected chi connectivity index (χ1v) is 6.94. The molecule has 2 aromatic rings. The van der Waals surface area contributed by atoms with E-state index in [2.05, 4.69) is 28.1 Å². The minimum absolute atomic E-state index is 0.0358. The molecule has 0 saturated heterocycles. The molecule has 114 valence electrons. The van der Waals surface area contributed by atoms with Gasteiger partial charge in [0, 0.05) is 23.1 Å². The maximum atomic E-state index is 13.4. The Hall–Kier alpha value is -2.74. The van der Waals surface area contributed by atoms with Crippen LogP contribution < -0.4 is 10.6 Å². The highest BCUT2D eigenvalue weighted by molar-refractivity contribution is 5.92. The number of hydrogen-bond donors (Lipinski definition) is 3. The Balaban J connectivity index is 2.00. The van der Waals surface area contributed by atoms with Gasteiger partial charge in [0.05, 0.1) is 12.2 Å². The van der Waals surface area contributed by atoms with E-state index in [4.69, 9.17) is 6.42 Å². The average molecular weight is 299 g/mol. The van der Waals surface area contributed by atoms with Gasteiger partial charge in [-0.25, -0.2) is 4.39 Å². The molecule has 1 aromatic carbocycles. The molecule has 5 heteroatoms. The van der Waals surface area contributed by atoms with Crippen LogP contribution in [-0.2, 0) is 11.2 Å². The molecule has 1 aromatic heterocycles. The molecule has 1 amide bonds. The molecule has 0 bridgehead atoms. The number of fused-ring (bicyclic) bond motifs is 1. The molecule has 0 saturated carbocycles. The Morgan fingerprint density at radius 2 is 2.32 bits per heavy atom. The van der Waals surface area contributed by atoms with Crippen LogP contribution in [0.2, 0.25) is 0 Å². The number of terminal acetylenes is 1. The lowest BCUT2D eigenvalue weighted by atomic mass is 10.1. The van der Waals surface area contributed by atoms with Crippen LogP contribution in [-0.4, -0.2) is 23.5 Å². The fraction of sp³-hybridized carbons (Fsp3) is 0.235. The van der Waals surface area contributed by atoms with Crippen molar-refractivity contribution in [3.05, 3.63) is 48.1 Å². The van der Waals surface area contributed by atoms with Gasteiger partial charge in [0.15, 0.2) is 0 Å². The smallest absolute Gasteiger partial charge is 0.267 e. The van der Waals surface area contributed by atoms with Crippen molar-refractivity contribution in [2.24, 2.45) is 0 Å². The molecule has 22 heavy (non-hydrogen) atoms. The second-order valence-electron chi connectivity index (χ2n) is 5.12. The molecule has 1 heterocycles. The lowest BCUT2D eigenvalue weighted by Gasteiger charge is -2.16. The summed E-state index contributed by atoms with van der Waals surface area (Å²) >= 11 is 0. The van der Waals surface area contributed by atoms with Gasteiger partial charge >= 0.3 is 0 Å². The predicted octanol–water partition coefficient (Wildman–Crippen LogP) is 2.09. The van der Waals surface area contributed by atoms with Crippen LogP contribution in [0, 0.1) is 18.2 Å². The first kappa shape index (κ1) is 15.6. The van der Waals surface area contributed by atoms with Crippen molar-refractivity contribution < 1.29 is 9.18 Å². The summed E-state index contributed by atoms with van der Waals surface area (Å²) in [5.74, 6) is 1.73. The van der Waals surface area contributed by atoms with E-state index in [9.17, 15) is 9.18 Å². The molecule has 3 N–H and O–H groups in total. The summed E-state index contributed by atoms with van der Waals surface area (Å²) in [4.78, 5) is 14.8. The van der Waals surface area contributed by atoms with Crippen molar-refractivity contribution in [2.75, 3.05) is 6.54 Å². The van der Waals surface area contributed by atoms with Crippen LogP contribution in [0.1, 0.15) is 12.5 Å². The highest BCUT2D eigenvalue weighted by atomic mass is 19.1. The highest BCUT2D eigenvalue weighted by Crippen LogP contribution is 2.20.